The van der Waals surface area contributed by atoms with E-state index in [-0.39, 0.29) is 0 Å². The van der Waals surface area contributed by atoms with Gasteiger partial charge in [-0.05, 0) is 26.3 Å². The van der Waals surface area contributed by atoms with Gasteiger partial charge in [-0.15, -0.1) is 0 Å². The van der Waals surface area contributed by atoms with Crippen molar-refractivity contribution in [3.05, 3.63) is 18.2 Å². The molecule has 1 rings (SSSR count). The number of nitrogens with one attached hydrogen (secondary N) is 1. The third kappa shape index (κ3) is 4.04. The molecule has 0 aromatic carbocycles. The van der Waals surface area contributed by atoms with Crippen LogP contribution in [-0.4, -0.2) is 22.1 Å². The van der Waals surface area contributed by atoms with Gasteiger partial charge >= 0.3 is 0 Å². The van der Waals surface area contributed by atoms with Crippen LogP contribution in [0.25, 0.3) is 0 Å². The molecule has 0 spiro atoms. The zero-order valence-corrected chi connectivity index (χ0v) is 10.2. The third-order valence-electron chi connectivity index (χ3n) is 2.49. The molecular formula is C12H23N3. The molecule has 0 radical (unpaired) electrons. The van der Waals surface area contributed by atoms with Crippen LogP contribution < -0.4 is 5.32 Å². The van der Waals surface area contributed by atoms with Crippen molar-refractivity contribution in [2.45, 2.75) is 52.6 Å². The zero-order chi connectivity index (χ0) is 11.1. The Bertz CT molecular complexity index is 268. The van der Waals surface area contributed by atoms with E-state index in [0.717, 1.165) is 25.9 Å². The van der Waals surface area contributed by atoms with Crippen LogP contribution in [0.5, 0.6) is 0 Å². The van der Waals surface area contributed by atoms with Gasteiger partial charge in [0.2, 0.25) is 0 Å². The van der Waals surface area contributed by atoms with Gasteiger partial charge in [-0.3, -0.25) is 0 Å². The Labute approximate surface area is 92.9 Å². The first-order chi connectivity index (χ1) is 7.27. The van der Waals surface area contributed by atoms with E-state index in [0.29, 0.717) is 6.04 Å². The van der Waals surface area contributed by atoms with Gasteiger partial charge in [-0.2, -0.15) is 0 Å². The molecule has 0 amide bonds. The number of hydrogen-bond acceptors (Lipinski definition) is 2. The van der Waals surface area contributed by atoms with E-state index in [1.807, 2.05) is 6.20 Å². The molecule has 0 aliphatic rings. The SMILES string of the molecule is CCCNC(C)Cn1ccnc1CCC. The van der Waals surface area contributed by atoms with E-state index in [1.165, 1.54) is 12.2 Å². The van der Waals surface area contributed by atoms with Gasteiger partial charge in [-0.1, -0.05) is 13.8 Å². The standard InChI is InChI=1S/C12H23N3/c1-4-6-12-14-8-9-15(12)10-11(3)13-7-5-2/h8-9,11,13H,4-7,10H2,1-3H3. The van der Waals surface area contributed by atoms with Crippen molar-refractivity contribution in [3.63, 3.8) is 0 Å². The summed E-state index contributed by atoms with van der Waals surface area (Å²) in [5, 5.41) is 3.49. The molecule has 1 atom stereocenters. The summed E-state index contributed by atoms with van der Waals surface area (Å²) in [6.45, 7) is 8.73. The Kier molecular flexibility index (Phi) is 5.40. The molecule has 1 unspecified atom stereocenters. The highest BCUT2D eigenvalue weighted by atomic mass is 15.1. The first-order valence-electron chi connectivity index (χ1n) is 6.01. The summed E-state index contributed by atoms with van der Waals surface area (Å²) in [5.41, 5.74) is 0. The van der Waals surface area contributed by atoms with Crippen molar-refractivity contribution in [2.75, 3.05) is 6.54 Å². The maximum atomic E-state index is 4.37. The van der Waals surface area contributed by atoms with Crippen LogP contribution in [0.2, 0.25) is 0 Å². The lowest BCUT2D eigenvalue weighted by Crippen LogP contribution is -2.31. The van der Waals surface area contributed by atoms with Crippen molar-refractivity contribution in [3.8, 4) is 0 Å². The second kappa shape index (κ2) is 6.62. The van der Waals surface area contributed by atoms with Crippen molar-refractivity contribution >= 4 is 0 Å². The summed E-state index contributed by atoms with van der Waals surface area (Å²) in [6, 6.07) is 0.523. The van der Waals surface area contributed by atoms with Crippen molar-refractivity contribution in [1.29, 1.82) is 0 Å². The van der Waals surface area contributed by atoms with Gasteiger partial charge in [0, 0.05) is 31.4 Å². The number of aromatic nitrogens is 2. The van der Waals surface area contributed by atoms with Gasteiger partial charge in [0.05, 0.1) is 0 Å². The Morgan fingerprint density at radius 1 is 1.40 bits per heavy atom. The molecule has 1 N–H and O–H groups in total. The molecule has 0 aliphatic carbocycles. The smallest absolute Gasteiger partial charge is 0.108 e. The van der Waals surface area contributed by atoms with Crippen molar-refractivity contribution < 1.29 is 0 Å². The highest BCUT2D eigenvalue weighted by molar-refractivity contribution is 4.93. The van der Waals surface area contributed by atoms with E-state index in [9.17, 15) is 0 Å². The predicted molar refractivity (Wildman–Crippen MR) is 64.0 cm³/mol. The maximum absolute atomic E-state index is 4.37. The Balaban J connectivity index is 2.44. The lowest BCUT2D eigenvalue weighted by atomic mass is 10.3. The lowest BCUT2D eigenvalue weighted by molar-refractivity contribution is 0.467. The predicted octanol–water partition coefficient (Wildman–Crippen LogP) is 2.22. The molecule has 1 heterocycles. The molecule has 1 aromatic heterocycles. The quantitative estimate of drug-likeness (QED) is 0.746. The maximum Gasteiger partial charge on any atom is 0.108 e. The summed E-state index contributed by atoms with van der Waals surface area (Å²) < 4.78 is 2.26. The molecule has 86 valence electrons. The molecule has 0 fully saturated rings. The zero-order valence-electron chi connectivity index (χ0n) is 10.2. The largest absolute Gasteiger partial charge is 0.333 e. The first-order valence-corrected chi connectivity index (χ1v) is 6.01. The summed E-state index contributed by atoms with van der Waals surface area (Å²) >= 11 is 0. The molecule has 0 bridgehead atoms. The van der Waals surface area contributed by atoms with Gasteiger partial charge in [0.25, 0.3) is 0 Å². The van der Waals surface area contributed by atoms with Crippen molar-refractivity contribution in [2.24, 2.45) is 0 Å². The fourth-order valence-electron chi connectivity index (χ4n) is 1.71. The van der Waals surface area contributed by atoms with E-state index in [4.69, 9.17) is 0 Å². The molecule has 0 aliphatic heterocycles. The highest BCUT2D eigenvalue weighted by Crippen LogP contribution is 2.02. The Morgan fingerprint density at radius 3 is 2.87 bits per heavy atom. The van der Waals surface area contributed by atoms with Gasteiger partial charge in [0.15, 0.2) is 0 Å². The van der Waals surface area contributed by atoms with E-state index in [2.05, 4.69) is 41.8 Å². The van der Waals surface area contributed by atoms with Crippen LogP contribution in [0, 0.1) is 0 Å². The second-order valence-corrected chi connectivity index (χ2v) is 4.10. The molecule has 15 heavy (non-hydrogen) atoms. The fourth-order valence-corrected chi connectivity index (χ4v) is 1.71. The summed E-state index contributed by atoms with van der Waals surface area (Å²) in [5.74, 6) is 1.21. The second-order valence-electron chi connectivity index (χ2n) is 4.10. The average molecular weight is 209 g/mol. The minimum absolute atomic E-state index is 0.523. The van der Waals surface area contributed by atoms with Crippen LogP contribution in [0.4, 0.5) is 0 Å². The normalized spacial score (nSPS) is 13.0. The Morgan fingerprint density at radius 2 is 2.20 bits per heavy atom. The summed E-state index contributed by atoms with van der Waals surface area (Å²) in [6.07, 6.45) is 7.41. The van der Waals surface area contributed by atoms with E-state index in [1.54, 1.807) is 0 Å². The molecule has 1 aromatic rings. The van der Waals surface area contributed by atoms with Gasteiger partial charge in [-0.25, -0.2) is 4.98 Å². The minimum atomic E-state index is 0.523. The molecule has 0 saturated carbocycles. The number of rotatable bonds is 7. The van der Waals surface area contributed by atoms with E-state index < -0.39 is 0 Å². The van der Waals surface area contributed by atoms with Crippen LogP contribution in [0.3, 0.4) is 0 Å². The number of hydrogen-bond donors (Lipinski definition) is 1. The number of aryl methyl sites for hydroxylation is 1. The molecule has 3 heteroatoms. The monoisotopic (exact) mass is 209 g/mol. The third-order valence-corrected chi connectivity index (χ3v) is 2.49. The molecule has 3 nitrogen and oxygen atoms in total. The summed E-state index contributed by atoms with van der Waals surface area (Å²) in [7, 11) is 0. The van der Waals surface area contributed by atoms with Gasteiger partial charge in [0.1, 0.15) is 5.82 Å². The summed E-state index contributed by atoms with van der Waals surface area (Å²) in [4.78, 5) is 4.37. The average Bonchev–Trinajstić information content (AvgIpc) is 2.63. The van der Waals surface area contributed by atoms with Gasteiger partial charge < -0.3 is 9.88 Å². The Hall–Kier alpha value is -0.830. The van der Waals surface area contributed by atoms with Crippen LogP contribution in [0.15, 0.2) is 12.4 Å². The fraction of sp³-hybridized carbons (Fsp3) is 0.750. The van der Waals surface area contributed by atoms with Crippen LogP contribution in [-0.2, 0) is 13.0 Å². The minimum Gasteiger partial charge on any atom is -0.333 e. The van der Waals surface area contributed by atoms with Crippen LogP contribution >= 0.6 is 0 Å². The number of nitrogens with zero attached hydrogens (tertiary/aromatic N) is 2. The first kappa shape index (κ1) is 12.2. The van der Waals surface area contributed by atoms with E-state index >= 15 is 0 Å². The number of imidazole rings is 1. The highest BCUT2D eigenvalue weighted by Gasteiger charge is 2.05. The van der Waals surface area contributed by atoms with Crippen molar-refractivity contribution in [1.82, 2.24) is 14.9 Å². The van der Waals surface area contributed by atoms with Crippen LogP contribution in [0.1, 0.15) is 39.4 Å². The molecular weight excluding hydrogens is 186 g/mol. The topological polar surface area (TPSA) is 29.9 Å². The lowest BCUT2D eigenvalue weighted by Gasteiger charge is -2.15. The molecule has 0 saturated heterocycles.